The highest BCUT2D eigenvalue weighted by atomic mass is 16.5. The van der Waals surface area contributed by atoms with Crippen molar-refractivity contribution in [3.63, 3.8) is 0 Å². The third-order valence-corrected chi connectivity index (χ3v) is 2.25. The fourth-order valence-corrected chi connectivity index (χ4v) is 0.794. The summed E-state index contributed by atoms with van der Waals surface area (Å²) in [6, 6.07) is 0. The second-order valence-electron chi connectivity index (χ2n) is 2.73. The standard InChI is InChI=1S/C8H17NO/c1-5-8(4,6-2)9(10)7-3/h7,10H,3,5-6H2,1-2,4H3. The van der Waals surface area contributed by atoms with Gasteiger partial charge >= 0.3 is 0 Å². The molecule has 0 spiro atoms. The van der Waals surface area contributed by atoms with Crippen molar-refractivity contribution in [1.29, 1.82) is 0 Å². The minimum absolute atomic E-state index is 0.137. The molecule has 0 aromatic heterocycles. The Morgan fingerprint density at radius 1 is 1.50 bits per heavy atom. The van der Waals surface area contributed by atoms with Gasteiger partial charge in [0.25, 0.3) is 0 Å². The first kappa shape index (κ1) is 9.50. The van der Waals surface area contributed by atoms with Gasteiger partial charge in [-0.2, -0.15) is 0 Å². The Kier molecular flexibility index (Phi) is 3.43. The van der Waals surface area contributed by atoms with E-state index < -0.39 is 0 Å². The van der Waals surface area contributed by atoms with Gasteiger partial charge in [0.1, 0.15) is 0 Å². The van der Waals surface area contributed by atoms with Crippen molar-refractivity contribution in [3.05, 3.63) is 12.8 Å². The van der Waals surface area contributed by atoms with Crippen molar-refractivity contribution < 1.29 is 5.21 Å². The largest absolute Gasteiger partial charge is 0.288 e. The maximum Gasteiger partial charge on any atom is 0.0631 e. The van der Waals surface area contributed by atoms with E-state index in [1.165, 1.54) is 11.3 Å². The van der Waals surface area contributed by atoms with Gasteiger partial charge in [-0.15, -0.1) is 0 Å². The van der Waals surface area contributed by atoms with Gasteiger partial charge in [-0.3, -0.25) is 10.3 Å². The molecule has 0 amide bonds. The molecule has 0 bridgehead atoms. The van der Waals surface area contributed by atoms with Crippen LogP contribution in [-0.4, -0.2) is 15.8 Å². The van der Waals surface area contributed by atoms with E-state index in [-0.39, 0.29) is 5.54 Å². The monoisotopic (exact) mass is 143 g/mol. The number of hydrogen-bond acceptors (Lipinski definition) is 2. The van der Waals surface area contributed by atoms with Gasteiger partial charge < -0.3 is 0 Å². The predicted octanol–water partition coefficient (Wildman–Crippen LogP) is 2.40. The van der Waals surface area contributed by atoms with Crippen molar-refractivity contribution in [2.45, 2.75) is 39.2 Å². The predicted molar refractivity (Wildman–Crippen MR) is 42.8 cm³/mol. The lowest BCUT2D eigenvalue weighted by atomic mass is 9.95. The molecule has 10 heavy (non-hydrogen) atoms. The SMILES string of the molecule is C=CN(O)C(C)(CC)CC. The van der Waals surface area contributed by atoms with Crippen molar-refractivity contribution in [1.82, 2.24) is 5.06 Å². The summed E-state index contributed by atoms with van der Waals surface area (Å²) in [4.78, 5) is 0. The van der Waals surface area contributed by atoms with Gasteiger partial charge in [-0.05, 0) is 19.8 Å². The summed E-state index contributed by atoms with van der Waals surface area (Å²) >= 11 is 0. The average molecular weight is 143 g/mol. The fraction of sp³-hybridized carbons (Fsp3) is 0.750. The number of rotatable bonds is 4. The highest BCUT2D eigenvalue weighted by molar-refractivity contribution is 4.83. The first-order valence-corrected chi connectivity index (χ1v) is 3.71. The van der Waals surface area contributed by atoms with Gasteiger partial charge in [0.05, 0.1) is 5.54 Å². The van der Waals surface area contributed by atoms with Crippen LogP contribution in [0.15, 0.2) is 12.8 Å². The maximum absolute atomic E-state index is 9.29. The number of hydrogen-bond donors (Lipinski definition) is 1. The summed E-state index contributed by atoms with van der Waals surface area (Å²) in [7, 11) is 0. The quantitative estimate of drug-likeness (QED) is 0.611. The second kappa shape index (κ2) is 3.62. The van der Waals surface area contributed by atoms with Crippen molar-refractivity contribution in [3.8, 4) is 0 Å². The van der Waals surface area contributed by atoms with Gasteiger partial charge in [-0.25, -0.2) is 0 Å². The molecule has 0 aliphatic heterocycles. The van der Waals surface area contributed by atoms with Gasteiger partial charge in [-0.1, -0.05) is 20.4 Å². The van der Waals surface area contributed by atoms with E-state index in [1.807, 2.05) is 6.92 Å². The zero-order valence-electron chi connectivity index (χ0n) is 7.09. The summed E-state index contributed by atoms with van der Waals surface area (Å²) in [5.74, 6) is 0. The van der Waals surface area contributed by atoms with E-state index >= 15 is 0 Å². The molecule has 2 nitrogen and oxygen atoms in total. The van der Waals surface area contributed by atoms with Crippen LogP contribution in [0, 0.1) is 0 Å². The van der Waals surface area contributed by atoms with E-state index in [4.69, 9.17) is 0 Å². The summed E-state index contributed by atoms with van der Waals surface area (Å²) in [5, 5.41) is 10.5. The van der Waals surface area contributed by atoms with Crippen LogP contribution in [0.3, 0.4) is 0 Å². The Balaban J connectivity index is 4.15. The Hall–Kier alpha value is -0.500. The van der Waals surface area contributed by atoms with E-state index in [0.717, 1.165) is 12.8 Å². The third-order valence-electron chi connectivity index (χ3n) is 2.25. The molecule has 0 aromatic rings. The minimum atomic E-state index is -0.137. The van der Waals surface area contributed by atoms with E-state index in [1.54, 1.807) is 0 Å². The lowest BCUT2D eigenvalue weighted by molar-refractivity contribution is -0.126. The summed E-state index contributed by atoms with van der Waals surface area (Å²) in [6.45, 7) is 9.61. The first-order chi connectivity index (χ1) is 4.60. The molecule has 60 valence electrons. The Bertz CT molecular complexity index is 108. The molecule has 2 heteroatoms. The highest BCUT2D eigenvalue weighted by Crippen LogP contribution is 2.20. The van der Waals surface area contributed by atoms with Crippen LogP contribution < -0.4 is 0 Å². The van der Waals surface area contributed by atoms with Gasteiger partial charge in [0, 0.05) is 6.20 Å². The van der Waals surface area contributed by atoms with Crippen molar-refractivity contribution >= 4 is 0 Å². The summed E-state index contributed by atoms with van der Waals surface area (Å²) in [5.41, 5.74) is -0.137. The maximum atomic E-state index is 9.29. The summed E-state index contributed by atoms with van der Waals surface area (Å²) in [6.07, 6.45) is 3.30. The molecule has 0 unspecified atom stereocenters. The van der Waals surface area contributed by atoms with E-state index in [0.29, 0.717) is 0 Å². The van der Waals surface area contributed by atoms with Crippen molar-refractivity contribution in [2.24, 2.45) is 0 Å². The molecule has 0 aliphatic carbocycles. The first-order valence-electron chi connectivity index (χ1n) is 3.71. The van der Waals surface area contributed by atoms with Crippen LogP contribution in [0.5, 0.6) is 0 Å². The smallest absolute Gasteiger partial charge is 0.0631 e. The number of nitrogens with zero attached hydrogens (tertiary/aromatic N) is 1. The third kappa shape index (κ3) is 1.74. The molecule has 0 saturated heterocycles. The molecule has 0 heterocycles. The Morgan fingerprint density at radius 2 is 1.90 bits per heavy atom. The zero-order valence-corrected chi connectivity index (χ0v) is 7.09. The molecule has 0 fully saturated rings. The normalized spacial score (nSPS) is 11.2. The lowest BCUT2D eigenvalue weighted by Gasteiger charge is -2.34. The molecule has 0 atom stereocenters. The Labute approximate surface area is 63.1 Å². The van der Waals surface area contributed by atoms with Crippen molar-refractivity contribution in [2.75, 3.05) is 0 Å². The molecule has 0 aliphatic rings. The van der Waals surface area contributed by atoms with Crippen LogP contribution in [0.1, 0.15) is 33.6 Å². The average Bonchev–Trinajstić information content (AvgIpc) is 2.01. The van der Waals surface area contributed by atoms with E-state index in [2.05, 4.69) is 20.4 Å². The van der Waals surface area contributed by atoms with Crippen LogP contribution in [-0.2, 0) is 0 Å². The molecule has 0 aromatic carbocycles. The molecule has 1 N–H and O–H groups in total. The topological polar surface area (TPSA) is 23.5 Å². The Morgan fingerprint density at radius 3 is 2.00 bits per heavy atom. The molecule has 0 rings (SSSR count). The van der Waals surface area contributed by atoms with Gasteiger partial charge in [0.2, 0.25) is 0 Å². The zero-order chi connectivity index (χ0) is 8.20. The number of hydroxylamine groups is 2. The lowest BCUT2D eigenvalue weighted by Crippen LogP contribution is -2.39. The highest BCUT2D eigenvalue weighted by Gasteiger charge is 2.23. The van der Waals surface area contributed by atoms with Crippen LogP contribution in [0.25, 0.3) is 0 Å². The molecular formula is C8H17NO. The second-order valence-corrected chi connectivity index (χ2v) is 2.73. The van der Waals surface area contributed by atoms with E-state index in [9.17, 15) is 5.21 Å². The molecule has 0 radical (unpaired) electrons. The summed E-state index contributed by atoms with van der Waals surface area (Å²) < 4.78 is 0. The van der Waals surface area contributed by atoms with Crippen LogP contribution in [0.4, 0.5) is 0 Å². The molecular weight excluding hydrogens is 126 g/mol. The minimum Gasteiger partial charge on any atom is -0.288 e. The van der Waals surface area contributed by atoms with Gasteiger partial charge in [0.15, 0.2) is 0 Å². The molecule has 0 saturated carbocycles. The fourth-order valence-electron chi connectivity index (χ4n) is 0.794. The van der Waals surface area contributed by atoms with Crippen LogP contribution >= 0.6 is 0 Å². The van der Waals surface area contributed by atoms with Crippen LogP contribution in [0.2, 0.25) is 0 Å².